The Balaban J connectivity index is 1.51. The lowest BCUT2D eigenvalue weighted by Gasteiger charge is -2.47. The summed E-state index contributed by atoms with van der Waals surface area (Å²) >= 11 is 0. The molecule has 210 valence electrons. The fourth-order valence-corrected chi connectivity index (χ4v) is 6.34. The zero-order chi connectivity index (χ0) is 28.8. The second-order valence-corrected chi connectivity index (χ2v) is 12.7. The smallest absolute Gasteiger partial charge is 0.262 e. The number of methoxy groups -OCH3 is 1. The van der Waals surface area contributed by atoms with Gasteiger partial charge in [0.25, 0.3) is 5.91 Å². The number of nitrogens with zero attached hydrogens (tertiary/aromatic N) is 1. The minimum Gasteiger partial charge on any atom is -0.493 e. The van der Waals surface area contributed by atoms with Crippen LogP contribution in [0.15, 0.2) is 71.1 Å². The number of benzene rings is 2. The fourth-order valence-electron chi connectivity index (χ4n) is 6.34. The molecule has 7 nitrogen and oxygen atoms in total. The Kier molecular flexibility index (Phi) is 7.11. The van der Waals surface area contributed by atoms with Crippen molar-refractivity contribution in [3.63, 3.8) is 0 Å². The molecule has 2 aromatic rings. The van der Waals surface area contributed by atoms with Crippen LogP contribution >= 0.6 is 0 Å². The maximum Gasteiger partial charge on any atom is 0.262 e. The molecular weight excluding hydrogens is 504 g/mol. The normalized spacial score (nSPS) is 20.2. The molecule has 2 aliphatic carbocycles. The van der Waals surface area contributed by atoms with Crippen LogP contribution in [-0.2, 0) is 14.4 Å². The van der Waals surface area contributed by atoms with Crippen LogP contribution < -0.4 is 14.8 Å². The van der Waals surface area contributed by atoms with Crippen molar-refractivity contribution in [2.45, 2.75) is 59.3 Å². The van der Waals surface area contributed by atoms with E-state index in [1.807, 2.05) is 49.5 Å². The maximum atomic E-state index is 13.7. The van der Waals surface area contributed by atoms with E-state index in [4.69, 9.17) is 9.47 Å². The van der Waals surface area contributed by atoms with Crippen molar-refractivity contribution in [1.29, 1.82) is 0 Å². The number of amides is 1. The van der Waals surface area contributed by atoms with Crippen molar-refractivity contribution in [3.05, 3.63) is 76.6 Å². The highest BCUT2D eigenvalue weighted by Crippen LogP contribution is 2.54. The van der Waals surface area contributed by atoms with Gasteiger partial charge in [-0.3, -0.25) is 14.4 Å². The van der Waals surface area contributed by atoms with Gasteiger partial charge < -0.3 is 19.7 Å². The Labute approximate surface area is 236 Å². The summed E-state index contributed by atoms with van der Waals surface area (Å²) < 4.78 is 11.5. The maximum absolute atomic E-state index is 13.7. The number of nitrogens with one attached hydrogen (secondary N) is 1. The summed E-state index contributed by atoms with van der Waals surface area (Å²) in [5.74, 6) is 0.285. The molecule has 1 N–H and O–H groups in total. The number of carbonyl (C=O) groups is 3. The standard InChI is InChI=1S/C33H38N2O5/c1-32(2)15-22-30(24(36)17-32)29(31-23(35(22)5)16-33(3,4)18-25(31)37)20-12-13-26(27(14-20)39-6)40-19-28(38)34-21-10-8-7-9-11-21/h7-14,29H,15-19H2,1-6H3,(H,34,38). The van der Waals surface area contributed by atoms with Crippen LogP contribution in [0.2, 0.25) is 0 Å². The van der Waals surface area contributed by atoms with E-state index < -0.39 is 5.92 Å². The van der Waals surface area contributed by atoms with E-state index in [2.05, 4.69) is 37.9 Å². The minimum atomic E-state index is -0.460. The van der Waals surface area contributed by atoms with Crippen LogP contribution in [0.25, 0.3) is 0 Å². The van der Waals surface area contributed by atoms with Gasteiger partial charge in [-0.2, -0.15) is 0 Å². The topological polar surface area (TPSA) is 84.9 Å². The molecule has 2 aromatic carbocycles. The monoisotopic (exact) mass is 542 g/mol. The molecule has 1 heterocycles. The Morgan fingerprint density at radius 2 is 1.45 bits per heavy atom. The van der Waals surface area contributed by atoms with E-state index in [0.29, 0.717) is 41.2 Å². The van der Waals surface area contributed by atoms with E-state index >= 15 is 0 Å². The van der Waals surface area contributed by atoms with Crippen molar-refractivity contribution < 1.29 is 23.9 Å². The van der Waals surface area contributed by atoms with Crippen LogP contribution in [0.4, 0.5) is 5.69 Å². The molecule has 0 spiro atoms. The van der Waals surface area contributed by atoms with E-state index in [1.165, 1.54) is 0 Å². The lowest BCUT2D eigenvalue weighted by atomic mass is 9.64. The molecule has 0 atom stereocenters. The third kappa shape index (κ3) is 5.29. The molecule has 0 saturated carbocycles. The van der Waals surface area contributed by atoms with Gasteiger partial charge in [0.05, 0.1) is 7.11 Å². The average molecular weight is 543 g/mol. The predicted molar refractivity (Wildman–Crippen MR) is 154 cm³/mol. The van der Waals surface area contributed by atoms with Crippen molar-refractivity contribution in [2.75, 3.05) is 26.1 Å². The molecule has 7 heteroatoms. The first kappa shape index (κ1) is 27.7. The first-order valence-corrected chi connectivity index (χ1v) is 13.8. The molecule has 0 bridgehead atoms. The molecule has 40 heavy (non-hydrogen) atoms. The number of anilines is 1. The Morgan fingerprint density at radius 3 is 2.00 bits per heavy atom. The van der Waals surface area contributed by atoms with Gasteiger partial charge in [-0.05, 0) is 53.5 Å². The van der Waals surface area contributed by atoms with E-state index in [9.17, 15) is 14.4 Å². The van der Waals surface area contributed by atoms with E-state index in [1.54, 1.807) is 13.2 Å². The van der Waals surface area contributed by atoms with Crippen LogP contribution in [0, 0.1) is 10.8 Å². The number of ether oxygens (including phenoxy) is 2. The van der Waals surface area contributed by atoms with Gasteiger partial charge in [-0.1, -0.05) is 52.0 Å². The Morgan fingerprint density at radius 1 is 0.875 bits per heavy atom. The van der Waals surface area contributed by atoms with Crippen molar-refractivity contribution in [1.82, 2.24) is 4.90 Å². The quantitative estimate of drug-likeness (QED) is 0.480. The largest absolute Gasteiger partial charge is 0.493 e. The molecule has 0 aromatic heterocycles. The van der Waals surface area contributed by atoms with E-state index in [0.717, 1.165) is 29.8 Å². The van der Waals surface area contributed by atoms with Crippen LogP contribution in [0.3, 0.4) is 0 Å². The van der Waals surface area contributed by atoms with Crippen molar-refractivity contribution >= 4 is 23.2 Å². The molecule has 5 rings (SSSR count). The third-order valence-electron chi connectivity index (χ3n) is 8.12. The number of carbonyl (C=O) groups excluding carboxylic acids is 3. The Hall–Kier alpha value is -3.87. The number of allylic oxidation sites excluding steroid dienone is 4. The van der Waals surface area contributed by atoms with Gasteiger partial charge in [-0.25, -0.2) is 0 Å². The lowest BCUT2D eigenvalue weighted by molar-refractivity contribution is -0.120. The molecule has 0 unspecified atom stereocenters. The lowest BCUT2D eigenvalue weighted by Crippen LogP contribution is -2.43. The summed E-state index contributed by atoms with van der Waals surface area (Å²) in [6.07, 6.45) is 2.41. The molecule has 1 aliphatic heterocycles. The number of rotatable bonds is 6. The molecule has 1 amide bonds. The molecule has 3 aliphatic rings. The zero-order valence-corrected chi connectivity index (χ0v) is 24.2. The van der Waals surface area contributed by atoms with Crippen LogP contribution in [-0.4, -0.2) is 43.1 Å². The highest BCUT2D eigenvalue weighted by Gasteiger charge is 2.48. The Bertz CT molecular complexity index is 1380. The first-order chi connectivity index (χ1) is 18.9. The number of para-hydroxylation sites is 1. The zero-order valence-electron chi connectivity index (χ0n) is 24.2. The predicted octanol–water partition coefficient (Wildman–Crippen LogP) is 6.03. The molecule has 0 fully saturated rings. The fraction of sp³-hybridized carbons (Fsp3) is 0.424. The highest BCUT2D eigenvalue weighted by atomic mass is 16.5. The molecule has 0 saturated heterocycles. The highest BCUT2D eigenvalue weighted by molar-refractivity contribution is 6.06. The van der Waals surface area contributed by atoms with Crippen molar-refractivity contribution in [2.24, 2.45) is 10.8 Å². The van der Waals surface area contributed by atoms with Crippen LogP contribution in [0.1, 0.15) is 64.9 Å². The average Bonchev–Trinajstić information content (AvgIpc) is 2.88. The molecule has 0 radical (unpaired) electrons. The van der Waals surface area contributed by atoms with Gasteiger partial charge >= 0.3 is 0 Å². The van der Waals surface area contributed by atoms with Gasteiger partial charge in [0.2, 0.25) is 0 Å². The SMILES string of the molecule is COc1cc(C2C3=C(CC(C)(C)CC3=O)N(C)C3=C2C(=O)CC(C)(C)C3)ccc1OCC(=O)Nc1ccccc1. The second-order valence-electron chi connectivity index (χ2n) is 12.7. The van der Waals surface area contributed by atoms with Crippen molar-refractivity contribution in [3.8, 4) is 11.5 Å². The summed E-state index contributed by atoms with van der Waals surface area (Å²) in [7, 11) is 3.55. The number of ketones is 2. The summed E-state index contributed by atoms with van der Waals surface area (Å²) in [6, 6.07) is 14.7. The summed E-state index contributed by atoms with van der Waals surface area (Å²) in [6.45, 7) is 8.31. The van der Waals surface area contributed by atoms with Gasteiger partial charge in [0.15, 0.2) is 29.7 Å². The second kappa shape index (κ2) is 10.3. The summed E-state index contributed by atoms with van der Waals surface area (Å²) in [5, 5.41) is 2.81. The number of hydrogen-bond donors (Lipinski definition) is 1. The minimum absolute atomic E-state index is 0.0872. The van der Waals surface area contributed by atoms with E-state index in [-0.39, 0.29) is 34.9 Å². The first-order valence-electron chi connectivity index (χ1n) is 13.8. The molecular formula is C33H38N2O5. The van der Waals surface area contributed by atoms with Crippen LogP contribution in [0.5, 0.6) is 11.5 Å². The number of Topliss-reactive ketones (excluding diaryl/α,β-unsaturated/α-hetero) is 2. The van der Waals surface area contributed by atoms with Gasteiger partial charge in [0, 0.05) is 54.0 Å². The summed E-state index contributed by atoms with van der Waals surface area (Å²) in [5.41, 5.74) is 4.63. The van der Waals surface area contributed by atoms with Gasteiger partial charge in [-0.15, -0.1) is 0 Å². The summed E-state index contributed by atoms with van der Waals surface area (Å²) in [4.78, 5) is 42.0. The van der Waals surface area contributed by atoms with Gasteiger partial charge in [0.1, 0.15) is 0 Å². The third-order valence-corrected chi connectivity index (χ3v) is 8.12. The number of hydrogen-bond acceptors (Lipinski definition) is 6.